The van der Waals surface area contributed by atoms with Crippen molar-refractivity contribution in [2.24, 2.45) is 5.92 Å². The van der Waals surface area contributed by atoms with Crippen LogP contribution < -0.4 is 11.5 Å². The minimum atomic E-state index is 0.0504. The first-order chi connectivity index (χ1) is 28.3. The van der Waals surface area contributed by atoms with Crippen LogP contribution in [-0.2, 0) is 5.41 Å². The normalized spacial score (nSPS) is 18.0. The molecule has 0 heterocycles. The third kappa shape index (κ3) is 12.7. The summed E-state index contributed by atoms with van der Waals surface area (Å²) in [6, 6.07) is 33.3. The van der Waals surface area contributed by atoms with Crippen LogP contribution in [0, 0.1) is 19.8 Å². The maximum atomic E-state index is 6.26. The average Bonchev–Trinajstić information content (AvgIpc) is 3.23. The maximum absolute atomic E-state index is 6.26. The van der Waals surface area contributed by atoms with Gasteiger partial charge in [-0.1, -0.05) is 191 Å². The van der Waals surface area contributed by atoms with Crippen molar-refractivity contribution in [2.75, 3.05) is 11.5 Å². The fraction of sp³-hybridized carbons (Fsp3) is 0.571. The summed E-state index contributed by atoms with van der Waals surface area (Å²) in [5.74, 6) is 1.65. The minimum absolute atomic E-state index is 0.0504. The van der Waals surface area contributed by atoms with E-state index in [-0.39, 0.29) is 5.41 Å². The Bertz CT molecular complexity index is 1630. The molecule has 2 heteroatoms. The van der Waals surface area contributed by atoms with E-state index in [4.69, 9.17) is 11.5 Å². The first-order valence-electron chi connectivity index (χ1n) is 24.2. The van der Waals surface area contributed by atoms with Crippen molar-refractivity contribution in [3.8, 4) is 0 Å². The van der Waals surface area contributed by atoms with Crippen LogP contribution in [0.25, 0.3) is 0 Å². The second kappa shape index (κ2) is 23.9. The van der Waals surface area contributed by atoms with Gasteiger partial charge in [0.2, 0.25) is 0 Å². The average molecular weight is 783 g/mol. The summed E-state index contributed by atoms with van der Waals surface area (Å²) in [5, 5.41) is 0. The molecule has 2 nitrogen and oxygen atoms in total. The van der Waals surface area contributed by atoms with Crippen LogP contribution >= 0.6 is 0 Å². The Morgan fingerprint density at radius 1 is 0.483 bits per heavy atom. The summed E-state index contributed by atoms with van der Waals surface area (Å²) in [6.07, 6.45) is 30.3. The van der Waals surface area contributed by atoms with E-state index < -0.39 is 0 Å². The number of hydrogen-bond donors (Lipinski definition) is 2. The molecule has 4 N–H and O–H groups in total. The summed E-state index contributed by atoms with van der Waals surface area (Å²) in [7, 11) is 0. The topological polar surface area (TPSA) is 52.0 Å². The van der Waals surface area contributed by atoms with Crippen LogP contribution in [0.1, 0.15) is 225 Å². The van der Waals surface area contributed by atoms with Crippen molar-refractivity contribution in [3.05, 3.63) is 129 Å². The number of nitrogens with two attached hydrogens (primary N) is 2. The van der Waals surface area contributed by atoms with Gasteiger partial charge in [0, 0.05) is 28.6 Å². The van der Waals surface area contributed by atoms with E-state index in [0.717, 1.165) is 17.3 Å². The van der Waals surface area contributed by atoms with E-state index in [1.54, 1.807) is 0 Å². The van der Waals surface area contributed by atoms with Crippen LogP contribution in [-0.4, -0.2) is 0 Å². The monoisotopic (exact) mass is 783 g/mol. The molecule has 1 aliphatic carbocycles. The summed E-state index contributed by atoms with van der Waals surface area (Å²) in [5.41, 5.74) is 25.7. The molecular weight excluding hydrogens is 701 g/mol. The number of unbranched alkanes of at least 4 members (excludes halogenated alkanes) is 13. The molecular formula is C56H82N2. The number of rotatable bonds is 25. The zero-order chi connectivity index (χ0) is 41.2. The highest BCUT2D eigenvalue weighted by molar-refractivity contribution is 5.51. The Balaban J connectivity index is 1.44. The van der Waals surface area contributed by atoms with Gasteiger partial charge in [0.15, 0.2) is 0 Å². The zero-order valence-electron chi connectivity index (χ0n) is 37.7. The third-order valence-corrected chi connectivity index (χ3v) is 14.2. The quantitative estimate of drug-likeness (QED) is 0.0520. The largest absolute Gasteiger partial charge is 0.399 e. The Labute approximate surface area is 356 Å². The second-order valence-electron chi connectivity index (χ2n) is 18.6. The zero-order valence-corrected chi connectivity index (χ0v) is 37.7. The number of nitrogen functional groups attached to an aromatic ring is 2. The van der Waals surface area contributed by atoms with Gasteiger partial charge in [0.25, 0.3) is 0 Å². The highest BCUT2D eigenvalue weighted by atomic mass is 14.5. The standard InChI is InChI=1S/C56H82N2/c1-6-9-12-15-17-20-23-54(52-35-33-50(57)41-43(52)4)46-25-29-48(30-26-46)56(39-37-45(38-40-56)22-19-14-11-8-3)49-31-27-47(28-32-49)55(24-21-18-16-13-10-7-2)53-36-34-51(58)42-44(53)5/h25-36,41-42,45,54-55H,6-24,37-40,57-58H2,1-5H3. The van der Waals surface area contributed by atoms with Gasteiger partial charge >= 0.3 is 0 Å². The fourth-order valence-electron chi connectivity index (χ4n) is 10.6. The smallest absolute Gasteiger partial charge is 0.0316 e. The molecule has 1 saturated carbocycles. The highest BCUT2D eigenvalue weighted by Crippen LogP contribution is 2.48. The predicted molar refractivity (Wildman–Crippen MR) is 255 cm³/mol. The summed E-state index contributed by atoms with van der Waals surface area (Å²) < 4.78 is 0. The Morgan fingerprint density at radius 2 is 0.862 bits per heavy atom. The van der Waals surface area contributed by atoms with Crippen LogP contribution in [0.3, 0.4) is 0 Å². The molecule has 0 bridgehead atoms. The first kappa shape index (κ1) is 45.6. The summed E-state index contributed by atoms with van der Waals surface area (Å²) >= 11 is 0. The molecule has 1 aliphatic rings. The van der Waals surface area contributed by atoms with Gasteiger partial charge in [-0.25, -0.2) is 0 Å². The van der Waals surface area contributed by atoms with Crippen molar-refractivity contribution in [2.45, 2.75) is 200 Å². The van der Waals surface area contributed by atoms with Crippen LogP contribution in [0.4, 0.5) is 11.4 Å². The van der Waals surface area contributed by atoms with Crippen molar-refractivity contribution in [1.29, 1.82) is 0 Å². The molecule has 0 radical (unpaired) electrons. The number of anilines is 2. The van der Waals surface area contributed by atoms with Crippen LogP contribution in [0.2, 0.25) is 0 Å². The lowest BCUT2D eigenvalue weighted by Crippen LogP contribution is -2.33. The Morgan fingerprint density at radius 3 is 1.26 bits per heavy atom. The first-order valence-corrected chi connectivity index (χ1v) is 24.2. The van der Waals surface area contributed by atoms with Gasteiger partial charge < -0.3 is 11.5 Å². The molecule has 0 spiro atoms. The third-order valence-electron chi connectivity index (χ3n) is 14.2. The Hall–Kier alpha value is -3.52. The number of benzene rings is 4. The lowest BCUT2D eigenvalue weighted by Gasteiger charge is -2.42. The van der Waals surface area contributed by atoms with E-state index in [1.807, 2.05) is 0 Å². The van der Waals surface area contributed by atoms with Gasteiger partial charge in [-0.2, -0.15) is 0 Å². The maximum Gasteiger partial charge on any atom is 0.0316 e. The number of hydrogen-bond acceptors (Lipinski definition) is 2. The van der Waals surface area contributed by atoms with Gasteiger partial charge in [0.05, 0.1) is 0 Å². The molecule has 4 aromatic rings. The van der Waals surface area contributed by atoms with Crippen molar-refractivity contribution in [3.63, 3.8) is 0 Å². The van der Waals surface area contributed by atoms with E-state index in [9.17, 15) is 0 Å². The molecule has 5 rings (SSSR count). The van der Waals surface area contributed by atoms with E-state index in [1.165, 1.54) is 192 Å². The number of aryl methyl sites for hydroxylation is 2. The molecule has 316 valence electrons. The molecule has 0 aliphatic heterocycles. The van der Waals surface area contributed by atoms with Crippen LogP contribution in [0.15, 0.2) is 84.9 Å². The highest BCUT2D eigenvalue weighted by Gasteiger charge is 2.38. The van der Waals surface area contributed by atoms with Gasteiger partial charge in [-0.05, 0) is 127 Å². The SMILES string of the molecule is CCCCCCCCC(c1ccc(C2(c3ccc(C(CCCCCCCC)c4ccc(N)cc4C)cc3)CCC(CCCCCC)CC2)cc1)c1ccc(N)cc1C. The van der Waals surface area contributed by atoms with E-state index >= 15 is 0 Å². The van der Waals surface area contributed by atoms with Crippen molar-refractivity contribution in [1.82, 2.24) is 0 Å². The van der Waals surface area contributed by atoms with Gasteiger partial charge in [-0.15, -0.1) is 0 Å². The molecule has 2 unspecified atom stereocenters. The van der Waals surface area contributed by atoms with Gasteiger partial charge in [0.1, 0.15) is 0 Å². The lowest BCUT2D eigenvalue weighted by atomic mass is 9.62. The Kier molecular flexibility index (Phi) is 18.8. The lowest BCUT2D eigenvalue weighted by molar-refractivity contribution is 0.250. The molecule has 4 aromatic carbocycles. The van der Waals surface area contributed by atoms with Crippen LogP contribution in [0.5, 0.6) is 0 Å². The molecule has 2 atom stereocenters. The fourth-order valence-corrected chi connectivity index (χ4v) is 10.6. The van der Waals surface area contributed by atoms with Gasteiger partial charge in [-0.3, -0.25) is 0 Å². The summed E-state index contributed by atoms with van der Waals surface area (Å²) in [6.45, 7) is 11.4. The van der Waals surface area contributed by atoms with E-state index in [2.05, 4.69) is 120 Å². The minimum Gasteiger partial charge on any atom is -0.399 e. The molecule has 58 heavy (non-hydrogen) atoms. The molecule has 0 aromatic heterocycles. The van der Waals surface area contributed by atoms with Crippen molar-refractivity contribution < 1.29 is 0 Å². The molecule has 1 fully saturated rings. The molecule has 0 saturated heterocycles. The summed E-state index contributed by atoms with van der Waals surface area (Å²) in [4.78, 5) is 0. The second-order valence-corrected chi connectivity index (χ2v) is 18.6. The van der Waals surface area contributed by atoms with E-state index in [0.29, 0.717) is 11.8 Å². The molecule has 0 amide bonds. The van der Waals surface area contributed by atoms with Crippen molar-refractivity contribution >= 4 is 11.4 Å². The predicted octanol–water partition coefficient (Wildman–Crippen LogP) is 16.7.